The van der Waals surface area contributed by atoms with Gasteiger partial charge in [-0.15, -0.1) is 0 Å². The van der Waals surface area contributed by atoms with Crippen LogP contribution < -0.4 is 5.32 Å². The summed E-state index contributed by atoms with van der Waals surface area (Å²) in [7, 11) is 1.73. The fourth-order valence-electron chi connectivity index (χ4n) is 3.27. The Balaban J connectivity index is 1.96. The number of nitrogens with zero attached hydrogens (tertiary/aromatic N) is 2. The van der Waals surface area contributed by atoms with Crippen LogP contribution in [0.1, 0.15) is 25.8 Å². The molecule has 6 nitrogen and oxygen atoms in total. The summed E-state index contributed by atoms with van der Waals surface area (Å²) in [6, 6.07) is 9.74. The van der Waals surface area contributed by atoms with Gasteiger partial charge in [0.25, 0.3) is 0 Å². The highest BCUT2D eigenvalue weighted by Crippen LogP contribution is 2.17. The molecule has 0 bridgehead atoms. The van der Waals surface area contributed by atoms with Crippen LogP contribution in [-0.4, -0.2) is 72.6 Å². The minimum atomic E-state index is -0.431. The zero-order valence-corrected chi connectivity index (χ0v) is 16.1. The van der Waals surface area contributed by atoms with E-state index >= 15 is 0 Å². The molecule has 0 aromatic heterocycles. The second kappa shape index (κ2) is 9.14. The van der Waals surface area contributed by atoms with Crippen LogP contribution in [0.3, 0.4) is 0 Å². The van der Waals surface area contributed by atoms with Gasteiger partial charge < -0.3 is 15.3 Å². The molecule has 1 fully saturated rings. The summed E-state index contributed by atoms with van der Waals surface area (Å²) in [6.45, 7) is 6.42. The Morgan fingerprint density at radius 2 is 2.04 bits per heavy atom. The van der Waals surface area contributed by atoms with E-state index in [9.17, 15) is 14.7 Å². The minimum Gasteiger partial charge on any atom is -0.396 e. The number of benzene rings is 1. The number of aliphatic hydroxyl groups is 1. The Morgan fingerprint density at radius 3 is 2.69 bits per heavy atom. The number of carbonyl (C=O) groups excluding carboxylic acids is 2. The van der Waals surface area contributed by atoms with Gasteiger partial charge in [-0.3, -0.25) is 14.5 Å². The van der Waals surface area contributed by atoms with Gasteiger partial charge in [-0.25, -0.2) is 0 Å². The average molecular weight is 361 g/mol. The van der Waals surface area contributed by atoms with Gasteiger partial charge in [0.2, 0.25) is 11.8 Å². The number of rotatable bonds is 8. The Bertz CT molecular complexity index is 604. The molecular weight excluding hydrogens is 330 g/mol. The first-order valence-corrected chi connectivity index (χ1v) is 9.23. The van der Waals surface area contributed by atoms with E-state index in [4.69, 9.17) is 0 Å². The molecule has 1 saturated heterocycles. The quantitative estimate of drug-likeness (QED) is 0.722. The Labute approximate surface area is 156 Å². The largest absolute Gasteiger partial charge is 0.396 e. The highest BCUT2D eigenvalue weighted by Gasteiger charge is 2.33. The Morgan fingerprint density at radius 1 is 1.35 bits per heavy atom. The van der Waals surface area contributed by atoms with Gasteiger partial charge in [0, 0.05) is 45.2 Å². The van der Waals surface area contributed by atoms with Crippen molar-refractivity contribution in [3.05, 3.63) is 35.9 Å². The molecule has 6 heteroatoms. The molecule has 1 atom stereocenters. The van der Waals surface area contributed by atoms with Crippen molar-refractivity contribution in [1.82, 2.24) is 15.1 Å². The van der Waals surface area contributed by atoms with Gasteiger partial charge in [0.1, 0.15) is 0 Å². The van der Waals surface area contributed by atoms with Crippen LogP contribution in [0.25, 0.3) is 0 Å². The predicted molar refractivity (Wildman–Crippen MR) is 102 cm³/mol. The highest BCUT2D eigenvalue weighted by atomic mass is 16.3. The number of hydrogen-bond donors (Lipinski definition) is 2. The minimum absolute atomic E-state index is 0.0116. The summed E-state index contributed by atoms with van der Waals surface area (Å²) in [5, 5.41) is 12.3. The van der Waals surface area contributed by atoms with Gasteiger partial charge >= 0.3 is 0 Å². The maximum absolute atomic E-state index is 12.6. The summed E-state index contributed by atoms with van der Waals surface area (Å²) in [6.07, 6.45) is 1.02. The fraction of sp³-hybridized carbons (Fsp3) is 0.600. The number of piperazine rings is 1. The second-order valence-corrected chi connectivity index (χ2v) is 7.85. The molecule has 26 heavy (non-hydrogen) atoms. The molecule has 2 N–H and O–H groups in total. The summed E-state index contributed by atoms with van der Waals surface area (Å²) < 4.78 is 0. The SMILES string of the molecule is CN(CC(C)(C)CO)C(=O)C[C@@H]1C(=O)NCCN1CCc1ccccc1. The van der Waals surface area contributed by atoms with Crippen molar-refractivity contribution in [2.24, 2.45) is 5.41 Å². The molecular formula is C20H31N3O3. The Kier molecular flexibility index (Phi) is 7.17. The van der Waals surface area contributed by atoms with E-state index < -0.39 is 6.04 Å². The second-order valence-electron chi connectivity index (χ2n) is 7.85. The molecule has 1 aliphatic rings. The molecule has 2 rings (SSSR count). The van der Waals surface area contributed by atoms with Crippen LogP contribution in [0, 0.1) is 5.41 Å². The van der Waals surface area contributed by atoms with E-state index in [1.54, 1.807) is 11.9 Å². The average Bonchev–Trinajstić information content (AvgIpc) is 2.62. The fourth-order valence-corrected chi connectivity index (χ4v) is 3.27. The van der Waals surface area contributed by atoms with Crippen LogP contribution in [0.15, 0.2) is 30.3 Å². The number of aliphatic hydroxyl groups excluding tert-OH is 1. The lowest BCUT2D eigenvalue weighted by atomic mass is 9.94. The first-order valence-electron chi connectivity index (χ1n) is 9.23. The molecule has 0 aliphatic carbocycles. The van der Waals surface area contributed by atoms with Crippen molar-refractivity contribution < 1.29 is 14.7 Å². The van der Waals surface area contributed by atoms with Gasteiger partial charge in [0.05, 0.1) is 12.5 Å². The van der Waals surface area contributed by atoms with Crippen LogP contribution >= 0.6 is 0 Å². The lowest BCUT2D eigenvalue weighted by Gasteiger charge is -2.36. The third-order valence-corrected chi connectivity index (χ3v) is 4.86. The highest BCUT2D eigenvalue weighted by molar-refractivity contribution is 5.88. The maximum Gasteiger partial charge on any atom is 0.237 e. The van der Waals surface area contributed by atoms with E-state index in [0.717, 1.165) is 19.5 Å². The summed E-state index contributed by atoms with van der Waals surface area (Å²) in [4.78, 5) is 28.7. The molecule has 1 aromatic carbocycles. The standard InChI is InChI=1S/C20H31N3O3/c1-20(2,15-24)14-22(3)18(25)13-17-19(26)21-10-12-23(17)11-9-16-7-5-4-6-8-16/h4-8,17,24H,9-15H2,1-3H3,(H,21,26)/t17-/m1/s1. The molecule has 0 radical (unpaired) electrons. The zero-order chi connectivity index (χ0) is 19.2. The molecule has 1 aromatic rings. The molecule has 2 amide bonds. The van der Waals surface area contributed by atoms with Gasteiger partial charge in [-0.05, 0) is 12.0 Å². The van der Waals surface area contributed by atoms with E-state index in [1.165, 1.54) is 5.56 Å². The van der Waals surface area contributed by atoms with E-state index in [-0.39, 0.29) is 30.3 Å². The van der Waals surface area contributed by atoms with E-state index in [2.05, 4.69) is 22.3 Å². The third-order valence-electron chi connectivity index (χ3n) is 4.86. The molecule has 1 heterocycles. The maximum atomic E-state index is 12.6. The first-order chi connectivity index (χ1) is 12.3. The van der Waals surface area contributed by atoms with Crippen LogP contribution in [0.2, 0.25) is 0 Å². The summed E-state index contributed by atoms with van der Waals surface area (Å²) >= 11 is 0. The molecule has 0 unspecified atom stereocenters. The number of carbonyl (C=O) groups is 2. The lowest BCUT2D eigenvalue weighted by Crippen LogP contribution is -2.57. The van der Waals surface area contributed by atoms with E-state index in [1.807, 2.05) is 32.0 Å². The first kappa shape index (κ1) is 20.4. The van der Waals surface area contributed by atoms with E-state index in [0.29, 0.717) is 13.1 Å². The molecule has 1 aliphatic heterocycles. The molecule has 0 saturated carbocycles. The normalized spacial score (nSPS) is 18.5. The smallest absolute Gasteiger partial charge is 0.237 e. The van der Waals surface area contributed by atoms with Crippen LogP contribution in [0.5, 0.6) is 0 Å². The number of nitrogens with one attached hydrogen (secondary N) is 1. The van der Waals surface area contributed by atoms with Gasteiger partial charge in [0.15, 0.2) is 0 Å². The number of hydrogen-bond acceptors (Lipinski definition) is 4. The lowest BCUT2D eigenvalue weighted by molar-refractivity contribution is -0.139. The van der Waals surface area contributed by atoms with Gasteiger partial charge in [-0.1, -0.05) is 44.2 Å². The zero-order valence-electron chi connectivity index (χ0n) is 16.1. The van der Waals surface area contributed by atoms with Crippen LogP contribution in [-0.2, 0) is 16.0 Å². The third kappa shape index (κ3) is 5.81. The monoisotopic (exact) mass is 361 g/mol. The summed E-state index contributed by atoms with van der Waals surface area (Å²) in [5.74, 6) is -0.147. The molecule has 144 valence electrons. The summed E-state index contributed by atoms with van der Waals surface area (Å²) in [5.41, 5.74) is 0.872. The van der Waals surface area contributed by atoms with Crippen molar-refractivity contribution in [2.45, 2.75) is 32.7 Å². The molecule has 0 spiro atoms. The van der Waals surface area contributed by atoms with Crippen molar-refractivity contribution >= 4 is 11.8 Å². The van der Waals surface area contributed by atoms with Gasteiger partial charge in [-0.2, -0.15) is 0 Å². The van der Waals surface area contributed by atoms with Crippen molar-refractivity contribution in [1.29, 1.82) is 0 Å². The van der Waals surface area contributed by atoms with Crippen molar-refractivity contribution in [3.63, 3.8) is 0 Å². The van der Waals surface area contributed by atoms with Crippen molar-refractivity contribution in [3.8, 4) is 0 Å². The number of amides is 2. The Hall–Kier alpha value is -1.92. The topological polar surface area (TPSA) is 72.9 Å². The van der Waals surface area contributed by atoms with Crippen LogP contribution in [0.4, 0.5) is 0 Å². The predicted octanol–water partition coefficient (Wildman–Crippen LogP) is 0.897. The van der Waals surface area contributed by atoms with Crippen molar-refractivity contribution in [2.75, 3.05) is 39.8 Å².